The Labute approximate surface area is 147 Å². The van der Waals surface area contributed by atoms with Crippen molar-refractivity contribution < 1.29 is 8.83 Å². The average Bonchev–Trinajstić information content (AvgIpc) is 3.37. The van der Waals surface area contributed by atoms with Crippen LogP contribution in [-0.2, 0) is 18.3 Å². The zero-order valence-corrected chi connectivity index (χ0v) is 14.0. The minimum absolute atomic E-state index is 0.252. The lowest BCUT2D eigenvalue weighted by Gasteiger charge is -2.34. The first-order valence-electron chi connectivity index (χ1n) is 8.53. The summed E-state index contributed by atoms with van der Waals surface area (Å²) in [6.45, 7) is 0. The van der Waals surface area contributed by atoms with Gasteiger partial charge >= 0.3 is 0 Å². The molecule has 4 rings (SSSR count). The lowest BCUT2D eigenvalue weighted by atomic mass is 9.68. The van der Waals surface area contributed by atoms with E-state index in [0.29, 0.717) is 0 Å². The number of hydrogen-bond donors (Lipinski definition) is 0. The number of furan rings is 2. The molecule has 0 bridgehead atoms. The Hall–Kier alpha value is -3.00. The Balaban J connectivity index is 1.90. The molecule has 2 aromatic carbocycles. The van der Waals surface area contributed by atoms with Gasteiger partial charge in [0, 0.05) is 18.3 Å². The summed E-state index contributed by atoms with van der Waals surface area (Å²) in [7, 11) is 0. The van der Waals surface area contributed by atoms with E-state index in [2.05, 4.69) is 60.7 Å². The molecule has 2 aromatic heterocycles. The van der Waals surface area contributed by atoms with Crippen LogP contribution in [0.3, 0.4) is 0 Å². The van der Waals surface area contributed by atoms with E-state index in [4.69, 9.17) is 8.83 Å². The van der Waals surface area contributed by atoms with Gasteiger partial charge in [-0.1, -0.05) is 60.7 Å². The molecule has 2 heterocycles. The molecule has 0 unspecified atom stereocenters. The second kappa shape index (κ2) is 6.86. The second-order valence-electron chi connectivity index (χ2n) is 6.33. The fourth-order valence-corrected chi connectivity index (χ4v) is 3.57. The van der Waals surface area contributed by atoms with Gasteiger partial charge in [0.25, 0.3) is 0 Å². The molecule has 0 aliphatic rings. The standard InChI is InChI=1S/C23H20O2/c1-3-9-19(10-4-1)23(17-21-13-7-15-24-21,18-22-14-8-16-25-22)20-11-5-2-6-12-20/h1-16H,17-18H2. The van der Waals surface area contributed by atoms with Crippen LogP contribution >= 0.6 is 0 Å². The van der Waals surface area contributed by atoms with E-state index in [0.717, 1.165) is 24.4 Å². The van der Waals surface area contributed by atoms with Gasteiger partial charge in [0.2, 0.25) is 0 Å². The van der Waals surface area contributed by atoms with E-state index in [-0.39, 0.29) is 5.41 Å². The van der Waals surface area contributed by atoms with Crippen molar-refractivity contribution in [1.29, 1.82) is 0 Å². The highest BCUT2D eigenvalue weighted by molar-refractivity contribution is 5.42. The van der Waals surface area contributed by atoms with Crippen LogP contribution in [0.4, 0.5) is 0 Å². The first-order chi connectivity index (χ1) is 12.4. The van der Waals surface area contributed by atoms with Gasteiger partial charge in [-0.2, -0.15) is 0 Å². The lowest BCUT2D eigenvalue weighted by Crippen LogP contribution is -2.33. The smallest absolute Gasteiger partial charge is 0.104 e. The summed E-state index contributed by atoms with van der Waals surface area (Å²) < 4.78 is 11.4. The van der Waals surface area contributed by atoms with Crippen LogP contribution in [0.5, 0.6) is 0 Å². The summed E-state index contributed by atoms with van der Waals surface area (Å²) >= 11 is 0. The maximum atomic E-state index is 5.72. The minimum atomic E-state index is -0.252. The minimum Gasteiger partial charge on any atom is -0.469 e. The summed E-state index contributed by atoms with van der Waals surface area (Å²) in [5.74, 6) is 1.94. The van der Waals surface area contributed by atoms with Crippen LogP contribution in [0.1, 0.15) is 22.6 Å². The Morgan fingerprint density at radius 1 is 0.520 bits per heavy atom. The number of hydrogen-bond acceptors (Lipinski definition) is 2. The van der Waals surface area contributed by atoms with Crippen molar-refractivity contribution in [2.75, 3.05) is 0 Å². The second-order valence-corrected chi connectivity index (χ2v) is 6.33. The monoisotopic (exact) mass is 328 g/mol. The van der Waals surface area contributed by atoms with E-state index in [1.54, 1.807) is 12.5 Å². The highest BCUT2D eigenvalue weighted by Crippen LogP contribution is 2.39. The quantitative estimate of drug-likeness (QED) is 0.457. The van der Waals surface area contributed by atoms with Crippen molar-refractivity contribution in [1.82, 2.24) is 0 Å². The number of benzene rings is 2. The molecular formula is C23H20O2. The highest BCUT2D eigenvalue weighted by Gasteiger charge is 2.36. The first kappa shape index (κ1) is 15.5. The molecule has 2 nitrogen and oxygen atoms in total. The van der Waals surface area contributed by atoms with E-state index < -0.39 is 0 Å². The topological polar surface area (TPSA) is 26.3 Å². The van der Waals surface area contributed by atoms with Crippen LogP contribution in [0.2, 0.25) is 0 Å². The molecule has 0 saturated heterocycles. The molecule has 0 spiro atoms. The summed E-state index contributed by atoms with van der Waals surface area (Å²) in [6, 6.07) is 29.2. The largest absolute Gasteiger partial charge is 0.469 e. The fourth-order valence-electron chi connectivity index (χ4n) is 3.57. The third kappa shape index (κ3) is 3.16. The van der Waals surface area contributed by atoms with Crippen molar-refractivity contribution in [2.24, 2.45) is 0 Å². The molecule has 2 heteroatoms. The molecular weight excluding hydrogens is 308 g/mol. The summed E-state index contributed by atoms with van der Waals surface area (Å²) in [6.07, 6.45) is 5.02. The fraction of sp³-hybridized carbons (Fsp3) is 0.130. The average molecular weight is 328 g/mol. The van der Waals surface area contributed by atoms with Gasteiger partial charge in [-0.3, -0.25) is 0 Å². The normalized spacial score (nSPS) is 11.5. The molecule has 124 valence electrons. The molecule has 0 radical (unpaired) electrons. The third-order valence-corrected chi connectivity index (χ3v) is 4.76. The van der Waals surface area contributed by atoms with Gasteiger partial charge in [-0.15, -0.1) is 0 Å². The van der Waals surface area contributed by atoms with Crippen LogP contribution in [0.15, 0.2) is 106 Å². The van der Waals surface area contributed by atoms with Crippen molar-refractivity contribution in [3.8, 4) is 0 Å². The summed E-state index contributed by atoms with van der Waals surface area (Å²) in [5, 5.41) is 0. The summed E-state index contributed by atoms with van der Waals surface area (Å²) in [5.41, 5.74) is 2.26. The van der Waals surface area contributed by atoms with E-state index in [1.807, 2.05) is 24.3 Å². The Morgan fingerprint density at radius 2 is 0.960 bits per heavy atom. The zero-order chi connectivity index (χ0) is 17.0. The van der Waals surface area contributed by atoms with E-state index in [1.165, 1.54) is 11.1 Å². The van der Waals surface area contributed by atoms with Crippen LogP contribution in [0.25, 0.3) is 0 Å². The maximum absolute atomic E-state index is 5.72. The van der Waals surface area contributed by atoms with Gasteiger partial charge in [0.1, 0.15) is 11.5 Å². The zero-order valence-electron chi connectivity index (χ0n) is 14.0. The van der Waals surface area contributed by atoms with Crippen molar-refractivity contribution in [3.05, 3.63) is 120 Å². The van der Waals surface area contributed by atoms with Crippen molar-refractivity contribution >= 4 is 0 Å². The van der Waals surface area contributed by atoms with Crippen LogP contribution < -0.4 is 0 Å². The predicted molar refractivity (Wildman–Crippen MR) is 98.5 cm³/mol. The molecule has 0 amide bonds. The molecule has 0 fully saturated rings. The molecule has 25 heavy (non-hydrogen) atoms. The molecule has 4 aromatic rings. The predicted octanol–water partition coefficient (Wildman–Crippen LogP) is 5.64. The maximum Gasteiger partial charge on any atom is 0.104 e. The number of rotatable bonds is 6. The Bertz CT molecular complexity index is 798. The lowest BCUT2D eigenvalue weighted by molar-refractivity contribution is 0.392. The van der Waals surface area contributed by atoms with Gasteiger partial charge < -0.3 is 8.83 Å². The summed E-state index contributed by atoms with van der Waals surface area (Å²) in [4.78, 5) is 0. The molecule has 0 aliphatic carbocycles. The Morgan fingerprint density at radius 3 is 1.32 bits per heavy atom. The third-order valence-electron chi connectivity index (χ3n) is 4.76. The SMILES string of the molecule is c1ccc(C(Cc2ccco2)(Cc2ccco2)c2ccccc2)cc1. The highest BCUT2D eigenvalue weighted by atomic mass is 16.3. The van der Waals surface area contributed by atoms with Crippen LogP contribution in [0, 0.1) is 0 Å². The molecule has 0 atom stereocenters. The van der Waals surface area contributed by atoms with Gasteiger partial charge in [-0.05, 0) is 35.4 Å². The molecule has 0 aliphatic heterocycles. The van der Waals surface area contributed by atoms with Crippen LogP contribution in [-0.4, -0.2) is 0 Å². The molecule has 0 N–H and O–H groups in total. The van der Waals surface area contributed by atoms with Crippen molar-refractivity contribution in [2.45, 2.75) is 18.3 Å². The molecule has 0 saturated carbocycles. The van der Waals surface area contributed by atoms with Gasteiger partial charge in [-0.25, -0.2) is 0 Å². The van der Waals surface area contributed by atoms with E-state index in [9.17, 15) is 0 Å². The first-order valence-corrected chi connectivity index (χ1v) is 8.53. The van der Waals surface area contributed by atoms with E-state index >= 15 is 0 Å². The Kier molecular flexibility index (Phi) is 4.26. The van der Waals surface area contributed by atoms with Gasteiger partial charge in [0.15, 0.2) is 0 Å². The van der Waals surface area contributed by atoms with Gasteiger partial charge in [0.05, 0.1) is 12.5 Å². The van der Waals surface area contributed by atoms with Crippen molar-refractivity contribution in [3.63, 3.8) is 0 Å².